The second-order valence-electron chi connectivity index (χ2n) is 6.69. The molecule has 2 aliphatic carbocycles. The fourth-order valence-electron chi connectivity index (χ4n) is 4.26. The monoisotopic (exact) mass is 322 g/mol. The van der Waals surface area contributed by atoms with Crippen molar-refractivity contribution in [2.75, 3.05) is 0 Å². The van der Waals surface area contributed by atoms with Gasteiger partial charge in [0.25, 0.3) is 0 Å². The predicted molar refractivity (Wildman–Crippen MR) is 104 cm³/mol. The Balaban J connectivity index is 1.84. The zero-order valence-electron chi connectivity index (χ0n) is 14.0. The molecule has 1 atom stereocenters. The molecule has 0 amide bonds. The molecule has 0 bridgehead atoms. The van der Waals surface area contributed by atoms with Crippen molar-refractivity contribution in [1.29, 1.82) is 0 Å². The van der Waals surface area contributed by atoms with Crippen LogP contribution in [0.3, 0.4) is 0 Å². The van der Waals surface area contributed by atoms with Gasteiger partial charge < -0.3 is 5.11 Å². The Bertz CT molecular complexity index is 1050. The van der Waals surface area contributed by atoms with Gasteiger partial charge in [-0.1, -0.05) is 78.9 Å². The van der Waals surface area contributed by atoms with Gasteiger partial charge in [0.1, 0.15) is 6.10 Å². The largest absolute Gasteiger partial charge is 0.384 e. The van der Waals surface area contributed by atoms with Gasteiger partial charge in [0.05, 0.1) is 0 Å². The van der Waals surface area contributed by atoms with Crippen molar-refractivity contribution < 1.29 is 5.11 Å². The van der Waals surface area contributed by atoms with Crippen LogP contribution in [-0.4, -0.2) is 5.11 Å². The van der Waals surface area contributed by atoms with E-state index in [1.54, 1.807) is 0 Å². The molecule has 120 valence electrons. The molecular weight excluding hydrogens is 304 g/mol. The fraction of sp³-hybridized carbons (Fsp3) is 0.0833. The van der Waals surface area contributed by atoms with E-state index < -0.39 is 6.10 Å². The van der Waals surface area contributed by atoms with Crippen LogP contribution < -0.4 is 0 Å². The first-order valence-corrected chi connectivity index (χ1v) is 8.65. The minimum absolute atomic E-state index is 0.631. The third-order valence-electron chi connectivity index (χ3n) is 5.37. The number of aliphatic hydroxyl groups is 1. The van der Waals surface area contributed by atoms with Crippen LogP contribution >= 0.6 is 0 Å². The maximum Gasteiger partial charge on any atom is 0.105 e. The van der Waals surface area contributed by atoms with Crippen LogP contribution in [0.1, 0.15) is 40.8 Å². The lowest BCUT2D eigenvalue weighted by Gasteiger charge is -2.16. The Morgan fingerprint density at radius 3 is 1.80 bits per heavy atom. The van der Waals surface area contributed by atoms with Gasteiger partial charge in [-0.15, -0.1) is 0 Å². The summed E-state index contributed by atoms with van der Waals surface area (Å²) in [6, 6.07) is 26.9. The lowest BCUT2D eigenvalue weighted by molar-refractivity contribution is 0.239. The topological polar surface area (TPSA) is 20.2 Å². The van der Waals surface area contributed by atoms with E-state index in [-0.39, 0.29) is 0 Å². The maximum absolute atomic E-state index is 11.2. The van der Waals surface area contributed by atoms with E-state index >= 15 is 0 Å². The highest BCUT2D eigenvalue weighted by atomic mass is 16.3. The molecule has 1 nitrogen and oxygen atoms in total. The average Bonchev–Trinajstić information content (AvgIpc) is 3.16. The lowest BCUT2D eigenvalue weighted by Crippen LogP contribution is -2.01. The minimum atomic E-state index is -0.631. The molecule has 1 N–H and O–H groups in total. The number of benzene rings is 3. The first kappa shape index (κ1) is 14.4. The van der Waals surface area contributed by atoms with Crippen LogP contribution in [0.5, 0.6) is 0 Å². The van der Waals surface area contributed by atoms with Crippen LogP contribution in [0, 0.1) is 0 Å². The predicted octanol–water partition coefficient (Wildman–Crippen LogP) is 5.59. The van der Waals surface area contributed by atoms with Crippen LogP contribution in [0.25, 0.3) is 22.3 Å². The van der Waals surface area contributed by atoms with Gasteiger partial charge in [-0.25, -0.2) is 0 Å². The smallest absolute Gasteiger partial charge is 0.105 e. The standard InChI is InChI=1S/C24H18O/c1-15-17-11-5-6-12-18(17)22-21(15)19-13-7-8-14-20(19)23(22)24(25)16-9-3-2-4-10-16/h2-14,24-25H,1H3. The summed E-state index contributed by atoms with van der Waals surface area (Å²) < 4.78 is 0. The molecule has 0 aliphatic heterocycles. The quantitative estimate of drug-likeness (QED) is 0.652. The Morgan fingerprint density at radius 2 is 1.12 bits per heavy atom. The number of hydrogen-bond acceptors (Lipinski definition) is 1. The molecule has 3 aromatic carbocycles. The molecule has 2 aliphatic rings. The fourth-order valence-corrected chi connectivity index (χ4v) is 4.26. The molecule has 5 rings (SSSR count). The minimum Gasteiger partial charge on any atom is -0.384 e. The van der Waals surface area contributed by atoms with Gasteiger partial charge in [-0.2, -0.15) is 0 Å². The van der Waals surface area contributed by atoms with Gasteiger partial charge in [-0.05, 0) is 51.5 Å². The van der Waals surface area contributed by atoms with Crippen LogP contribution in [0.4, 0.5) is 0 Å². The molecular formula is C24H18O. The number of aliphatic hydroxyl groups excluding tert-OH is 1. The molecule has 0 radical (unpaired) electrons. The van der Waals surface area contributed by atoms with Gasteiger partial charge in [0.2, 0.25) is 0 Å². The SMILES string of the molecule is CC1=C2C(=C(C(O)c3ccccc3)c3ccccc32)c2ccccc21. The van der Waals surface area contributed by atoms with Crippen molar-refractivity contribution in [2.24, 2.45) is 0 Å². The van der Waals surface area contributed by atoms with Crippen molar-refractivity contribution in [3.05, 3.63) is 107 Å². The summed E-state index contributed by atoms with van der Waals surface area (Å²) >= 11 is 0. The molecule has 0 fully saturated rings. The van der Waals surface area contributed by atoms with E-state index in [0.29, 0.717) is 0 Å². The highest BCUT2D eigenvalue weighted by Crippen LogP contribution is 2.57. The Kier molecular flexibility index (Phi) is 3.06. The van der Waals surface area contributed by atoms with Gasteiger partial charge in [0.15, 0.2) is 0 Å². The van der Waals surface area contributed by atoms with E-state index in [2.05, 4.69) is 55.5 Å². The summed E-state index contributed by atoms with van der Waals surface area (Å²) in [5.74, 6) is 0. The molecule has 0 heterocycles. The molecule has 3 aromatic rings. The number of allylic oxidation sites excluding steroid dienone is 3. The normalized spacial score (nSPS) is 15.9. The van der Waals surface area contributed by atoms with E-state index in [0.717, 1.165) is 16.7 Å². The van der Waals surface area contributed by atoms with Crippen LogP contribution in [0.2, 0.25) is 0 Å². The Morgan fingerprint density at radius 1 is 0.600 bits per heavy atom. The maximum atomic E-state index is 11.2. The van der Waals surface area contributed by atoms with Crippen LogP contribution in [0.15, 0.2) is 78.9 Å². The second kappa shape index (κ2) is 5.30. The number of hydrogen-bond donors (Lipinski definition) is 1. The highest BCUT2D eigenvalue weighted by molar-refractivity contribution is 6.32. The molecule has 25 heavy (non-hydrogen) atoms. The second-order valence-corrected chi connectivity index (χ2v) is 6.69. The number of fused-ring (bicyclic) bond motifs is 5. The first-order chi connectivity index (χ1) is 12.3. The summed E-state index contributed by atoms with van der Waals surface area (Å²) in [5.41, 5.74) is 10.6. The molecule has 0 saturated heterocycles. The van der Waals surface area contributed by atoms with Crippen molar-refractivity contribution >= 4 is 22.3 Å². The van der Waals surface area contributed by atoms with E-state index in [9.17, 15) is 5.11 Å². The summed E-state index contributed by atoms with van der Waals surface area (Å²) in [7, 11) is 0. The zero-order valence-corrected chi connectivity index (χ0v) is 14.0. The molecule has 0 spiro atoms. The van der Waals surface area contributed by atoms with E-state index in [1.165, 1.54) is 33.4 Å². The van der Waals surface area contributed by atoms with Crippen molar-refractivity contribution in [1.82, 2.24) is 0 Å². The van der Waals surface area contributed by atoms with Gasteiger partial charge in [0, 0.05) is 5.57 Å². The molecule has 0 aromatic heterocycles. The third kappa shape index (κ3) is 1.93. The molecule has 1 heteroatoms. The van der Waals surface area contributed by atoms with Crippen molar-refractivity contribution in [3.8, 4) is 0 Å². The lowest BCUT2D eigenvalue weighted by atomic mass is 9.92. The average molecular weight is 322 g/mol. The van der Waals surface area contributed by atoms with Crippen molar-refractivity contribution in [2.45, 2.75) is 13.0 Å². The van der Waals surface area contributed by atoms with E-state index in [1.807, 2.05) is 30.3 Å². The number of rotatable bonds is 2. The summed E-state index contributed by atoms with van der Waals surface area (Å²) in [6.45, 7) is 2.19. The Hall–Kier alpha value is -2.90. The summed E-state index contributed by atoms with van der Waals surface area (Å²) in [6.07, 6.45) is -0.631. The first-order valence-electron chi connectivity index (χ1n) is 8.65. The zero-order chi connectivity index (χ0) is 17.0. The summed E-state index contributed by atoms with van der Waals surface area (Å²) in [5, 5.41) is 11.2. The van der Waals surface area contributed by atoms with Crippen LogP contribution in [-0.2, 0) is 0 Å². The van der Waals surface area contributed by atoms with Gasteiger partial charge >= 0.3 is 0 Å². The molecule has 1 unspecified atom stereocenters. The van der Waals surface area contributed by atoms with E-state index in [4.69, 9.17) is 0 Å². The Labute approximate surface area is 147 Å². The third-order valence-corrected chi connectivity index (χ3v) is 5.37. The van der Waals surface area contributed by atoms with Gasteiger partial charge in [-0.3, -0.25) is 0 Å². The summed E-state index contributed by atoms with van der Waals surface area (Å²) in [4.78, 5) is 0. The highest BCUT2D eigenvalue weighted by Gasteiger charge is 2.37. The molecule has 0 saturated carbocycles. The van der Waals surface area contributed by atoms with Crippen molar-refractivity contribution in [3.63, 3.8) is 0 Å².